The van der Waals surface area contributed by atoms with Crippen LogP contribution in [0.2, 0.25) is 0 Å². The van der Waals surface area contributed by atoms with E-state index in [0.29, 0.717) is 0 Å². The Morgan fingerprint density at radius 2 is 1.33 bits per heavy atom. The van der Waals surface area contributed by atoms with Gasteiger partial charge in [0.05, 0.1) is 0 Å². The lowest BCUT2D eigenvalue weighted by molar-refractivity contribution is 0.00331. The van der Waals surface area contributed by atoms with E-state index >= 15 is 0 Å². The van der Waals surface area contributed by atoms with Crippen molar-refractivity contribution in [1.29, 1.82) is 0 Å². The molecule has 1 atom stereocenters. The molecular formula is C19H25NO. The van der Waals surface area contributed by atoms with E-state index in [4.69, 9.17) is 0 Å². The molecule has 2 heteroatoms. The van der Waals surface area contributed by atoms with Gasteiger partial charge in [-0.25, -0.2) is 0 Å². The van der Waals surface area contributed by atoms with Crippen molar-refractivity contribution in [3.8, 4) is 0 Å². The number of hydrogen-bond acceptors (Lipinski definition) is 2. The van der Waals surface area contributed by atoms with Crippen molar-refractivity contribution in [2.24, 2.45) is 5.92 Å². The van der Waals surface area contributed by atoms with E-state index in [-0.39, 0.29) is 5.92 Å². The molecule has 0 heterocycles. The van der Waals surface area contributed by atoms with Crippen LogP contribution in [0.3, 0.4) is 0 Å². The molecule has 0 aliphatic carbocycles. The van der Waals surface area contributed by atoms with Gasteiger partial charge in [0, 0.05) is 12.5 Å². The van der Waals surface area contributed by atoms with Crippen LogP contribution in [0, 0.1) is 5.92 Å². The molecule has 2 aromatic rings. The van der Waals surface area contributed by atoms with Crippen LogP contribution >= 0.6 is 0 Å². The largest absolute Gasteiger partial charge is 0.380 e. The molecule has 0 saturated heterocycles. The fourth-order valence-corrected chi connectivity index (χ4v) is 3.02. The maximum absolute atomic E-state index is 11.6. The second-order valence-electron chi connectivity index (χ2n) is 5.87. The molecule has 112 valence electrons. The third-order valence-corrected chi connectivity index (χ3v) is 4.10. The van der Waals surface area contributed by atoms with Crippen LogP contribution < -0.4 is 0 Å². The summed E-state index contributed by atoms with van der Waals surface area (Å²) >= 11 is 0. The topological polar surface area (TPSA) is 23.5 Å². The van der Waals surface area contributed by atoms with E-state index in [9.17, 15) is 5.11 Å². The first-order chi connectivity index (χ1) is 10.1. The van der Waals surface area contributed by atoms with Gasteiger partial charge < -0.3 is 10.0 Å². The van der Waals surface area contributed by atoms with Crippen molar-refractivity contribution in [3.63, 3.8) is 0 Å². The molecule has 0 aliphatic heterocycles. The number of rotatable bonds is 6. The van der Waals surface area contributed by atoms with E-state index in [1.165, 1.54) is 0 Å². The molecule has 2 aromatic carbocycles. The Bertz CT molecular complexity index is 497. The summed E-state index contributed by atoms with van der Waals surface area (Å²) in [4.78, 5) is 2.14. The summed E-state index contributed by atoms with van der Waals surface area (Å²) in [6, 6.07) is 20.0. The third kappa shape index (κ3) is 3.34. The summed E-state index contributed by atoms with van der Waals surface area (Å²) < 4.78 is 0. The van der Waals surface area contributed by atoms with Crippen molar-refractivity contribution in [1.82, 2.24) is 4.90 Å². The molecular weight excluding hydrogens is 258 g/mol. The van der Waals surface area contributed by atoms with Crippen LogP contribution in [0.1, 0.15) is 24.5 Å². The average Bonchev–Trinajstić information content (AvgIpc) is 2.53. The fourth-order valence-electron chi connectivity index (χ4n) is 3.02. The van der Waals surface area contributed by atoms with E-state index in [0.717, 1.165) is 24.1 Å². The van der Waals surface area contributed by atoms with E-state index in [1.54, 1.807) is 0 Å². The van der Waals surface area contributed by atoms with Crippen LogP contribution in [0.15, 0.2) is 60.7 Å². The summed E-state index contributed by atoms with van der Waals surface area (Å²) in [6.07, 6.45) is 0.915. The summed E-state index contributed by atoms with van der Waals surface area (Å²) in [6.45, 7) is 2.99. The highest BCUT2D eigenvalue weighted by Gasteiger charge is 2.39. The predicted molar refractivity (Wildman–Crippen MR) is 88.2 cm³/mol. The third-order valence-electron chi connectivity index (χ3n) is 4.10. The Morgan fingerprint density at radius 1 is 0.905 bits per heavy atom. The Labute approximate surface area is 128 Å². The minimum absolute atomic E-state index is 0.136. The molecule has 0 spiro atoms. The minimum Gasteiger partial charge on any atom is -0.380 e. The first-order valence-corrected chi connectivity index (χ1v) is 7.57. The van der Waals surface area contributed by atoms with Crippen molar-refractivity contribution in [2.45, 2.75) is 18.9 Å². The molecule has 0 bridgehead atoms. The molecule has 0 fully saturated rings. The van der Waals surface area contributed by atoms with Gasteiger partial charge in [-0.05, 0) is 31.6 Å². The maximum atomic E-state index is 11.6. The lowest BCUT2D eigenvalue weighted by Gasteiger charge is -2.38. The van der Waals surface area contributed by atoms with Crippen LogP contribution in [-0.2, 0) is 5.60 Å². The molecule has 0 aromatic heterocycles. The molecule has 1 unspecified atom stereocenters. The van der Waals surface area contributed by atoms with Crippen LogP contribution in [0.4, 0.5) is 0 Å². The van der Waals surface area contributed by atoms with Crippen molar-refractivity contribution >= 4 is 0 Å². The summed E-state index contributed by atoms with van der Waals surface area (Å²) in [5.74, 6) is 0.136. The Morgan fingerprint density at radius 3 is 1.67 bits per heavy atom. The van der Waals surface area contributed by atoms with Crippen molar-refractivity contribution in [2.75, 3.05) is 20.6 Å². The summed E-state index contributed by atoms with van der Waals surface area (Å²) in [5.41, 5.74) is 0.969. The number of aliphatic hydroxyl groups is 1. The first kappa shape index (κ1) is 15.7. The van der Waals surface area contributed by atoms with Gasteiger partial charge in [0.15, 0.2) is 0 Å². The Balaban J connectivity index is 2.53. The highest BCUT2D eigenvalue weighted by atomic mass is 16.3. The van der Waals surface area contributed by atoms with Gasteiger partial charge in [0.1, 0.15) is 5.60 Å². The molecule has 0 amide bonds. The predicted octanol–water partition coefficient (Wildman–Crippen LogP) is 3.51. The normalized spacial score (nSPS) is 13.4. The second-order valence-corrected chi connectivity index (χ2v) is 5.87. The minimum atomic E-state index is -0.957. The molecule has 2 rings (SSSR count). The molecule has 2 nitrogen and oxygen atoms in total. The summed E-state index contributed by atoms with van der Waals surface area (Å²) in [7, 11) is 4.11. The molecule has 1 N–H and O–H groups in total. The Kier molecular flexibility index (Phi) is 5.16. The molecule has 0 aliphatic rings. The van der Waals surface area contributed by atoms with E-state index in [1.807, 2.05) is 60.7 Å². The van der Waals surface area contributed by atoms with Gasteiger partial charge in [-0.3, -0.25) is 0 Å². The lowest BCUT2D eigenvalue weighted by atomic mass is 9.74. The highest BCUT2D eigenvalue weighted by molar-refractivity contribution is 5.37. The van der Waals surface area contributed by atoms with E-state index < -0.39 is 5.60 Å². The van der Waals surface area contributed by atoms with Crippen LogP contribution in [0.25, 0.3) is 0 Å². The standard InChI is InChI=1S/C19H25NO/c1-4-16(15-20(2)3)19(21,17-11-7-5-8-12-17)18-13-9-6-10-14-18/h5-14,16,21H,4,15H2,1-3H3. The fraction of sp³-hybridized carbons (Fsp3) is 0.368. The van der Waals surface area contributed by atoms with Crippen molar-refractivity contribution < 1.29 is 5.11 Å². The lowest BCUT2D eigenvalue weighted by Crippen LogP contribution is -2.41. The molecule has 21 heavy (non-hydrogen) atoms. The zero-order valence-electron chi connectivity index (χ0n) is 13.2. The molecule has 0 radical (unpaired) electrons. The van der Waals surface area contributed by atoms with Gasteiger partial charge in [-0.15, -0.1) is 0 Å². The zero-order valence-corrected chi connectivity index (χ0v) is 13.2. The van der Waals surface area contributed by atoms with Gasteiger partial charge in [-0.2, -0.15) is 0 Å². The summed E-state index contributed by atoms with van der Waals surface area (Å²) in [5, 5.41) is 11.6. The highest BCUT2D eigenvalue weighted by Crippen LogP contribution is 2.38. The monoisotopic (exact) mass is 283 g/mol. The van der Waals surface area contributed by atoms with Gasteiger partial charge in [0.2, 0.25) is 0 Å². The van der Waals surface area contributed by atoms with Crippen LogP contribution in [-0.4, -0.2) is 30.6 Å². The SMILES string of the molecule is CCC(CN(C)C)C(O)(c1ccccc1)c1ccccc1. The number of nitrogens with zero attached hydrogens (tertiary/aromatic N) is 1. The van der Waals surface area contributed by atoms with Gasteiger partial charge >= 0.3 is 0 Å². The van der Waals surface area contributed by atoms with Gasteiger partial charge in [-0.1, -0.05) is 67.6 Å². The number of benzene rings is 2. The smallest absolute Gasteiger partial charge is 0.119 e. The number of hydrogen-bond donors (Lipinski definition) is 1. The first-order valence-electron chi connectivity index (χ1n) is 7.57. The molecule has 0 saturated carbocycles. The second kappa shape index (κ2) is 6.88. The van der Waals surface area contributed by atoms with Crippen molar-refractivity contribution in [3.05, 3.63) is 71.8 Å². The van der Waals surface area contributed by atoms with E-state index in [2.05, 4.69) is 25.9 Å². The Hall–Kier alpha value is -1.64. The van der Waals surface area contributed by atoms with Crippen LogP contribution in [0.5, 0.6) is 0 Å². The average molecular weight is 283 g/mol. The van der Waals surface area contributed by atoms with Gasteiger partial charge in [0.25, 0.3) is 0 Å². The maximum Gasteiger partial charge on any atom is 0.119 e. The zero-order chi connectivity index (χ0) is 15.3. The quantitative estimate of drug-likeness (QED) is 0.877.